The van der Waals surface area contributed by atoms with Crippen molar-refractivity contribution in [3.8, 4) is 0 Å². The molecule has 1 heterocycles. The molecule has 3 aliphatic rings. The first-order valence-electron chi connectivity index (χ1n) is 6.19. The molecular formula is C13H15NO2. The van der Waals surface area contributed by atoms with E-state index in [0.717, 1.165) is 23.7 Å². The third kappa shape index (κ3) is 1.06. The molecule has 1 amide bonds. The molecule has 0 saturated heterocycles. The van der Waals surface area contributed by atoms with Gasteiger partial charge in [-0.2, -0.15) is 0 Å². The Morgan fingerprint density at radius 2 is 2.06 bits per heavy atom. The summed E-state index contributed by atoms with van der Waals surface area (Å²) >= 11 is 0. The molecule has 3 nitrogen and oxygen atoms in total. The number of hydrogen-bond acceptors (Lipinski definition) is 2. The minimum atomic E-state index is -0.0381. The van der Waals surface area contributed by atoms with E-state index in [9.17, 15) is 4.79 Å². The Labute approximate surface area is 94.2 Å². The molecular weight excluding hydrogens is 202 g/mol. The molecule has 16 heavy (non-hydrogen) atoms. The first kappa shape index (κ1) is 8.85. The van der Waals surface area contributed by atoms with Crippen LogP contribution in [0.3, 0.4) is 0 Å². The molecule has 1 N–H and O–H groups in total. The van der Waals surface area contributed by atoms with Gasteiger partial charge >= 0.3 is 0 Å². The number of carbonyl (C=O) groups excluding carboxylic acids is 1. The van der Waals surface area contributed by atoms with Crippen LogP contribution in [0.5, 0.6) is 0 Å². The molecule has 3 saturated carbocycles. The third-order valence-electron chi connectivity index (χ3n) is 4.78. The maximum atomic E-state index is 11.8. The summed E-state index contributed by atoms with van der Waals surface area (Å²) in [6, 6.07) is 3.93. The SMILES string of the molecule is O=C(NC1C2C3CCC(C3)C12)c1ccco1. The average Bonchev–Trinajstić information content (AvgIpc) is 2.81. The summed E-state index contributed by atoms with van der Waals surface area (Å²) in [4.78, 5) is 11.8. The van der Waals surface area contributed by atoms with E-state index in [0.29, 0.717) is 11.8 Å². The first-order chi connectivity index (χ1) is 7.84. The fourth-order valence-corrected chi connectivity index (χ4v) is 4.15. The van der Waals surface area contributed by atoms with Crippen molar-refractivity contribution in [3.63, 3.8) is 0 Å². The van der Waals surface area contributed by atoms with E-state index < -0.39 is 0 Å². The molecule has 0 spiro atoms. The highest BCUT2D eigenvalue weighted by Gasteiger charge is 2.65. The lowest BCUT2D eigenvalue weighted by atomic mass is 10.0. The fraction of sp³-hybridized carbons (Fsp3) is 0.615. The van der Waals surface area contributed by atoms with Gasteiger partial charge in [0.05, 0.1) is 6.26 Å². The van der Waals surface area contributed by atoms with Crippen LogP contribution in [0.1, 0.15) is 29.8 Å². The van der Waals surface area contributed by atoms with Gasteiger partial charge < -0.3 is 9.73 Å². The van der Waals surface area contributed by atoms with Crippen LogP contribution < -0.4 is 5.32 Å². The first-order valence-corrected chi connectivity index (χ1v) is 6.19. The minimum Gasteiger partial charge on any atom is -0.459 e. The Bertz CT molecular complexity index is 409. The van der Waals surface area contributed by atoms with E-state index in [-0.39, 0.29) is 5.91 Å². The smallest absolute Gasteiger partial charge is 0.287 e. The van der Waals surface area contributed by atoms with E-state index in [1.54, 1.807) is 18.4 Å². The number of nitrogens with one attached hydrogen (secondary N) is 1. The number of hydrogen-bond donors (Lipinski definition) is 1. The molecule has 4 rings (SSSR count). The highest BCUT2D eigenvalue weighted by molar-refractivity contribution is 5.91. The Balaban J connectivity index is 1.46. The van der Waals surface area contributed by atoms with E-state index in [4.69, 9.17) is 4.42 Å². The highest BCUT2D eigenvalue weighted by Crippen LogP contribution is 2.65. The summed E-state index contributed by atoms with van der Waals surface area (Å²) < 4.78 is 5.10. The molecule has 4 atom stereocenters. The van der Waals surface area contributed by atoms with Crippen molar-refractivity contribution < 1.29 is 9.21 Å². The fourth-order valence-electron chi connectivity index (χ4n) is 4.15. The largest absolute Gasteiger partial charge is 0.459 e. The third-order valence-corrected chi connectivity index (χ3v) is 4.78. The van der Waals surface area contributed by atoms with Gasteiger partial charge in [-0.25, -0.2) is 0 Å². The number of carbonyl (C=O) groups is 1. The Morgan fingerprint density at radius 1 is 1.31 bits per heavy atom. The maximum absolute atomic E-state index is 11.8. The number of rotatable bonds is 2. The van der Waals surface area contributed by atoms with Gasteiger partial charge in [-0.1, -0.05) is 0 Å². The molecule has 3 heteroatoms. The van der Waals surface area contributed by atoms with Gasteiger partial charge in [-0.05, 0) is 55.1 Å². The molecule has 1 aromatic heterocycles. The molecule has 1 aromatic rings. The standard InChI is InChI=1S/C13H15NO2/c15-13(9-2-1-5-16-9)14-12-10-7-3-4-8(6-7)11(10)12/h1-2,5,7-8,10-12H,3-4,6H2,(H,14,15). The zero-order valence-corrected chi connectivity index (χ0v) is 9.06. The van der Waals surface area contributed by atoms with Crippen LogP contribution in [0, 0.1) is 23.7 Å². The van der Waals surface area contributed by atoms with Crippen molar-refractivity contribution in [3.05, 3.63) is 24.2 Å². The monoisotopic (exact) mass is 217 g/mol. The second-order valence-corrected chi connectivity index (χ2v) is 5.46. The molecule has 0 aromatic carbocycles. The summed E-state index contributed by atoms with van der Waals surface area (Å²) in [5.74, 6) is 3.78. The van der Waals surface area contributed by atoms with Crippen molar-refractivity contribution in [1.29, 1.82) is 0 Å². The summed E-state index contributed by atoms with van der Waals surface area (Å²) in [5.41, 5.74) is 0. The quantitative estimate of drug-likeness (QED) is 0.823. The Kier molecular flexibility index (Phi) is 1.61. The van der Waals surface area contributed by atoms with E-state index >= 15 is 0 Å². The van der Waals surface area contributed by atoms with Crippen LogP contribution in [0.25, 0.3) is 0 Å². The van der Waals surface area contributed by atoms with E-state index in [1.165, 1.54) is 19.3 Å². The van der Waals surface area contributed by atoms with Gasteiger partial charge in [0.15, 0.2) is 5.76 Å². The molecule has 0 aliphatic heterocycles. The summed E-state index contributed by atoms with van der Waals surface area (Å²) in [7, 11) is 0. The minimum absolute atomic E-state index is 0.0381. The van der Waals surface area contributed by atoms with Crippen LogP contribution in [0.15, 0.2) is 22.8 Å². The van der Waals surface area contributed by atoms with Gasteiger partial charge in [-0.15, -0.1) is 0 Å². The van der Waals surface area contributed by atoms with Crippen LogP contribution in [0.4, 0.5) is 0 Å². The van der Waals surface area contributed by atoms with Crippen molar-refractivity contribution >= 4 is 5.91 Å². The normalized spacial score (nSPS) is 43.1. The van der Waals surface area contributed by atoms with E-state index in [1.807, 2.05) is 0 Å². The molecule has 4 unspecified atom stereocenters. The van der Waals surface area contributed by atoms with Crippen LogP contribution in [-0.4, -0.2) is 11.9 Å². The highest BCUT2D eigenvalue weighted by atomic mass is 16.3. The van der Waals surface area contributed by atoms with Crippen molar-refractivity contribution in [2.75, 3.05) is 0 Å². The lowest BCUT2D eigenvalue weighted by molar-refractivity contribution is 0.0916. The Hall–Kier alpha value is -1.25. The van der Waals surface area contributed by atoms with Gasteiger partial charge in [-0.3, -0.25) is 4.79 Å². The van der Waals surface area contributed by atoms with Gasteiger partial charge in [0.1, 0.15) is 0 Å². The molecule has 2 bridgehead atoms. The van der Waals surface area contributed by atoms with Crippen molar-refractivity contribution in [1.82, 2.24) is 5.32 Å². The zero-order chi connectivity index (χ0) is 10.7. The second kappa shape index (κ2) is 2.90. The van der Waals surface area contributed by atoms with Gasteiger partial charge in [0, 0.05) is 6.04 Å². The van der Waals surface area contributed by atoms with Crippen molar-refractivity contribution in [2.24, 2.45) is 23.7 Å². The number of amides is 1. The zero-order valence-electron chi connectivity index (χ0n) is 9.06. The predicted molar refractivity (Wildman–Crippen MR) is 57.8 cm³/mol. The topological polar surface area (TPSA) is 42.2 Å². The van der Waals surface area contributed by atoms with Crippen molar-refractivity contribution in [2.45, 2.75) is 25.3 Å². The van der Waals surface area contributed by atoms with Gasteiger partial charge in [0.25, 0.3) is 5.91 Å². The lowest BCUT2D eigenvalue weighted by Crippen LogP contribution is -2.29. The maximum Gasteiger partial charge on any atom is 0.287 e. The van der Waals surface area contributed by atoms with Crippen LogP contribution in [0.2, 0.25) is 0 Å². The Morgan fingerprint density at radius 3 is 2.69 bits per heavy atom. The average molecular weight is 217 g/mol. The lowest BCUT2D eigenvalue weighted by Gasteiger charge is -2.09. The summed E-state index contributed by atoms with van der Waals surface area (Å²) in [6.45, 7) is 0. The number of fused-ring (bicyclic) bond motifs is 5. The van der Waals surface area contributed by atoms with Crippen LogP contribution >= 0.6 is 0 Å². The van der Waals surface area contributed by atoms with Crippen LogP contribution in [-0.2, 0) is 0 Å². The molecule has 3 fully saturated rings. The molecule has 84 valence electrons. The van der Waals surface area contributed by atoms with Gasteiger partial charge in [0.2, 0.25) is 0 Å². The summed E-state index contributed by atoms with van der Waals surface area (Å²) in [5, 5.41) is 3.13. The van der Waals surface area contributed by atoms with E-state index in [2.05, 4.69) is 5.32 Å². The molecule has 3 aliphatic carbocycles. The molecule has 0 radical (unpaired) electrons. The number of furan rings is 1. The second-order valence-electron chi connectivity index (χ2n) is 5.46. The predicted octanol–water partition coefficient (Wildman–Crippen LogP) is 2.05. The summed E-state index contributed by atoms with van der Waals surface area (Å²) in [6.07, 6.45) is 5.74.